The zero-order chi connectivity index (χ0) is 11.8. The molecule has 2 unspecified atom stereocenters. The molecule has 17 heavy (non-hydrogen) atoms. The monoisotopic (exact) mass is 232 g/mol. The van der Waals surface area contributed by atoms with Crippen LogP contribution < -0.4 is 5.32 Å². The van der Waals surface area contributed by atoms with E-state index in [1.807, 2.05) is 30.3 Å². The van der Waals surface area contributed by atoms with Gasteiger partial charge in [-0.15, -0.1) is 0 Å². The maximum absolute atomic E-state index is 11.7. The molecule has 0 aromatic heterocycles. The van der Waals surface area contributed by atoms with E-state index in [2.05, 4.69) is 5.32 Å². The van der Waals surface area contributed by atoms with Gasteiger partial charge in [0.15, 0.2) is 6.04 Å². The molecule has 2 aliphatic rings. The maximum Gasteiger partial charge on any atom is 0.331 e. The molecule has 5 nitrogen and oxygen atoms in total. The number of nitrogens with one attached hydrogen (secondary N) is 1. The lowest BCUT2D eigenvalue weighted by Crippen LogP contribution is -2.36. The third-order valence-electron chi connectivity index (χ3n) is 3.17. The van der Waals surface area contributed by atoms with Crippen LogP contribution in [0.15, 0.2) is 30.3 Å². The lowest BCUT2D eigenvalue weighted by atomic mass is 10.1. The van der Waals surface area contributed by atoms with Gasteiger partial charge in [-0.2, -0.15) is 0 Å². The molecule has 1 N–H and O–H groups in total. The first kappa shape index (κ1) is 10.1. The minimum absolute atomic E-state index is 0.171. The van der Waals surface area contributed by atoms with Gasteiger partial charge in [-0.05, 0) is 5.56 Å². The SMILES string of the molecule is O=C1OCC2C1NC(=O)N2Cc1ccccc1. The fraction of sp³-hybridized carbons (Fsp3) is 0.333. The van der Waals surface area contributed by atoms with Crippen molar-refractivity contribution in [2.75, 3.05) is 6.61 Å². The van der Waals surface area contributed by atoms with E-state index in [-0.39, 0.29) is 24.6 Å². The van der Waals surface area contributed by atoms with E-state index in [0.29, 0.717) is 6.54 Å². The van der Waals surface area contributed by atoms with Crippen LogP contribution in [0.2, 0.25) is 0 Å². The molecular weight excluding hydrogens is 220 g/mol. The van der Waals surface area contributed by atoms with Crippen LogP contribution in [-0.2, 0) is 16.1 Å². The van der Waals surface area contributed by atoms with Crippen LogP contribution in [0.3, 0.4) is 0 Å². The topological polar surface area (TPSA) is 58.6 Å². The standard InChI is InChI=1S/C12H12N2O3/c15-11-10-9(7-17-11)14(12(16)13-10)6-8-4-2-1-3-5-8/h1-5,9-10H,6-7H2,(H,13,16). The van der Waals surface area contributed by atoms with Crippen LogP contribution in [0.1, 0.15) is 5.56 Å². The Labute approximate surface area is 98.4 Å². The Hall–Kier alpha value is -2.04. The number of amides is 2. The van der Waals surface area contributed by atoms with Gasteiger partial charge in [0.25, 0.3) is 0 Å². The van der Waals surface area contributed by atoms with E-state index in [0.717, 1.165) is 5.56 Å². The Morgan fingerprint density at radius 3 is 2.82 bits per heavy atom. The third kappa shape index (κ3) is 1.63. The molecule has 3 rings (SSSR count). The summed E-state index contributed by atoms with van der Waals surface area (Å²) in [4.78, 5) is 24.7. The predicted molar refractivity (Wildman–Crippen MR) is 59.1 cm³/mol. The van der Waals surface area contributed by atoms with E-state index in [4.69, 9.17) is 4.74 Å². The summed E-state index contributed by atoms with van der Waals surface area (Å²) in [7, 11) is 0. The zero-order valence-electron chi connectivity index (χ0n) is 9.13. The number of cyclic esters (lactones) is 1. The van der Waals surface area contributed by atoms with E-state index in [9.17, 15) is 9.59 Å². The number of rotatable bonds is 2. The first-order chi connectivity index (χ1) is 8.25. The molecule has 0 radical (unpaired) electrons. The van der Waals surface area contributed by atoms with Gasteiger partial charge < -0.3 is 15.0 Å². The number of benzene rings is 1. The zero-order valence-corrected chi connectivity index (χ0v) is 9.13. The molecule has 0 bridgehead atoms. The fourth-order valence-electron chi connectivity index (χ4n) is 2.27. The Kier molecular flexibility index (Phi) is 2.24. The number of esters is 1. The largest absolute Gasteiger partial charge is 0.462 e. The Morgan fingerprint density at radius 2 is 2.06 bits per heavy atom. The second kappa shape index (κ2) is 3.76. The quantitative estimate of drug-likeness (QED) is 0.756. The van der Waals surface area contributed by atoms with Crippen molar-refractivity contribution in [3.8, 4) is 0 Å². The van der Waals surface area contributed by atoms with E-state index in [1.54, 1.807) is 4.90 Å². The lowest BCUT2D eigenvalue weighted by Gasteiger charge is -2.20. The number of hydrogen-bond acceptors (Lipinski definition) is 3. The Morgan fingerprint density at radius 1 is 1.29 bits per heavy atom. The van der Waals surface area contributed by atoms with Gasteiger partial charge in [-0.25, -0.2) is 9.59 Å². The normalized spacial score (nSPS) is 26.7. The van der Waals surface area contributed by atoms with Crippen LogP contribution >= 0.6 is 0 Å². The molecule has 1 aromatic rings. The molecule has 0 saturated carbocycles. The Balaban J connectivity index is 1.79. The molecule has 2 aliphatic heterocycles. The van der Waals surface area contributed by atoms with E-state index in [1.165, 1.54) is 0 Å². The third-order valence-corrected chi connectivity index (χ3v) is 3.17. The molecular formula is C12H12N2O3. The summed E-state index contributed by atoms with van der Waals surface area (Å²) in [6.45, 7) is 0.791. The van der Waals surface area contributed by atoms with Crippen molar-refractivity contribution in [3.63, 3.8) is 0 Å². The lowest BCUT2D eigenvalue weighted by molar-refractivity contribution is -0.139. The maximum atomic E-state index is 11.7. The summed E-state index contributed by atoms with van der Waals surface area (Å²) < 4.78 is 4.94. The van der Waals surface area contributed by atoms with Crippen molar-refractivity contribution in [1.82, 2.24) is 10.2 Å². The number of fused-ring (bicyclic) bond motifs is 1. The minimum Gasteiger partial charge on any atom is -0.462 e. The number of urea groups is 1. The highest BCUT2D eigenvalue weighted by Gasteiger charge is 2.49. The number of carbonyl (C=O) groups excluding carboxylic acids is 2. The first-order valence-electron chi connectivity index (χ1n) is 5.53. The van der Waals surface area contributed by atoms with Gasteiger partial charge in [0.05, 0.1) is 6.04 Å². The summed E-state index contributed by atoms with van der Waals surface area (Å²) in [5.74, 6) is -0.334. The van der Waals surface area contributed by atoms with Crippen molar-refractivity contribution >= 4 is 12.0 Å². The predicted octanol–water partition coefficient (Wildman–Crippen LogP) is 0.506. The van der Waals surface area contributed by atoms with Crippen molar-refractivity contribution in [2.24, 2.45) is 0 Å². The summed E-state index contributed by atoms with van der Waals surface area (Å²) >= 11 is 0. The molecule has 2 heterocycles. The van der Waals surface area contributed by atoms with Crippen LogP contribution in [0.4, 0.5) is 4.79 Å². The highest BCUT2D eigenvalue weighted by atomic mass is 16.5. The van der Waals surface area contributed by atoms with Gasteiger partial charge in [0, 0.05) is 6.54 Å². The van der Waals surface area contributed by atoms with Crippen molar-refractivity contribution in [2.45, 2.75) is 18.6 Å². The molecule has 2 atom stereocenters. The molecule has 2 saturated heterocycles. The van der Waals surface area contributed by atoms with Crippen LogP contribution in [-0.4, -0.2) is 35.6 Å². The average molecular weight is 232 g/mol. The van der Waals surface area contributed by atoms with Crippen LogP contribution in [0.5, 0.6) is 0 Å². The van der Waals surface area contributed by atoms with Gasteiger partial charge in [0.2, 0.25) is 0 Å². The molecule has 0 spiro atoms. The van der Waals surface area contributed by atoms with Gasteiger partial charge in [-0.1, -0.05) is 30.3 Å². The molecule has 88 valence electrons. The highest BCUT2D eigenvalue weighted by Crippen LogP contribution is 2.23. The summed E-state index contributed by atoms with van der Waals surface area (Å²) in [5, 5.41) is 2.65. The molecule has 5 heteroatoms. The van der Waals surface area contributed by atoms with E-state index >= 15 is 0 Å². The fourth-order valence-corrected chi connectivity index (χ4v) is 2.27. The van der Waals surface area contributed by atoms with Crippen LogP contribution in [0.25, 0.3) is 0 Å². The van der Waals surface area contributed by atoms with Crippen molar-refractivity contribution in [3.05, 3.63) is 35.9 Å². The number of carbonyl (C=O) groups is 2. The summed E-state index contributed by atoms with van der Waals surface area (Å²) in [6, 6.07) is 8.84. The summed E-state index contributed by atoms with van der Waals surface area (Å²) in [6.07, 6.45) is 0. The number of nitrogens with zero attached hydrogens (tertiary/aromatic N) is 1. The second-order valence-corrected chi connectivity index (χ2v) is 4.24. The molecule has 0 aliphatic carbocycles. The van der Waals surface area contributed by atoms with Crippen molar-refractivity contribution in [1.29, 1.82) is 0 Å². The Bertz CT molecular complexity index is 460. The minimum atomic E-state index is -0.494. The van der Waals surface area contributed by atoms with Gasteiger partial charge >= 0.3 is 12.0 Å². The average Bonchev–Trinajstić information content (AvgIpc) is 2.83. The van der Waals surface area contributed by atoms with E-state index < -0.39 is 6.04 Å². The smallest absolute Gasteiger partial charge is 0.331 e. The number of hydrogen-bond donors (Lipinski definition) is 1. The summed E-state index contributed by atoms with van der Waals surface area (Å²) in [5.41, 5.74) is 1.04. The molecule has 2 fully saturated rings. The molecule has 1 aromatic carbocycles. The van der Waals surface area contributed by atoms with Crippen LogP contribution in [0, 0.1) is 0 Å². The first-order valence-corrected chi connectivity index (χ1v) is 5.53. The highest BCUT2D eigenvalue weighted by molar-refractivity contribution is 5.90. The van der Waals surface area contributed by atoms with Gasteiger partial charge in [-0.3, -0.25) is 0 Å². The number of ether oxygens (including phenoxy) is 1. The molecule has 2 amide bonds. The second-order valence-electron chi connectivity index (χ2n) is 4.24. The van der Waals surface area contributed by atoms with Gasteiger partial charge in [0.1, 0.15) is 6.61 Å². The van der Waals surface area contributed by atoms with Crippen molar-refractivity contribution < 1.29 is 14.3 Å².